The highest BCUT2D eigenvalue weighted by molar-refractivity contribution is 4.79. The number of β-amino-alcohol motifs (C(OH)–C–C–N with tert-alkyl or cyclic N) is 1. The van der Waals surface area contributed by atoms with Crippen LogP contribution in [0.5, 0.6) is 0 Å². The van der Waals surface area contributed by atoms with E-state index in [1.54, 1.807) is 7.11 Å². The average molecular weight is 301 g/mol. The first kappa shape index (κ1) is 18.9. The summed E-state index contributed by atoms with van der Waals surface area (Å²) in [6.45, 7) is 12.9. The van der Waals surface area contributed by atoms with Crippen molar-refractivity contribution in [2.75, 3.05) is 40.0 Å². The molecule has 0 saturated carbocycles. The lowest BCUT2D eigenvalue weighted by molar-refractivity contribution is -0.0396. The van der Waals surface area contributed by atoms with Crippen LogP contribution in [0.4, 0.5) is 0 Å². The summed E-state index contributed by atoms with van der Waals surface area (Å²) < 4.78 is 10.6. The van der Waals surface area contributed by atoms with E-state index >= 15 is 0 Å². The summed E-state index contributed by atoms with van der Waals surface area (Å²) in [5, 5.41) is 10.1. The van der Waals surface area contributed by atoms with Gasteiger partial charge >= 0.3 is 0 Å². The minimum Gasteiger partial charge on any atom is -0.389 e. The highest BCUT2D eigenvalue weighted by Gasteiger charge is 2.27. The van der Waals surface area contributed by atoms with E-state index in [4.69, 9.17) is 9.47 Å². The van der Waals surface area contributed by atoms with Gasteiger partial charge in [0.25, 0.3) is 0 Å². The van der Waals surface area contributed by atoms with Crippen molar-refractivity contribution in [2.45, 2.75) is 59.2 Å². The Morgan fingerprint density at radius 3 is 2.52 bits per heavy atom. The quantitative estimate of drug-likeness (QED) is 0.785. The van der Waals surface area contributed by atoms with Crippen molar-refractivity contribution in [1.82, 2.24) is 4.90 Å². The maximum atomic E-state index is 10.1. The Morgan fingerprint density at radius 1 is 1.19 bits per heavy atom. The van der Waals surface area contributed by atoms with Crippen LogP contribution in [0.3, 0.4) is 0 Å². The Morgan fingerprint density at radius 2 is 1.90 bits per heavy atom. The van der Waals surface area contributed by atoms with Crippen LogP contribution < -0.4 is 0 Å². The van der Waals surface area contributed by atoms with E-state index in [-0.39, 0.29) is 6.10 Å². The zero-order valence-electron chi connectivity index (χ0n) is 14.6. The lowest BCUT2D eigenvalue weighted by Gasteiger charge is -2.30. The normalized spacial score (nSPS) is 24.6. The van der Waals surface area contributed by atoms with E-state index in [0.717, 1.165) is 25.6 Å². The van der Waals surface area contributed by atoms with Gasteiger partial charge in [-0.15, -0.1) is 0 Å². The summed E-state index contributed by atoms with van der Waals surface area (Å²) in [4.78, 5) is 2.39. The number of ether oxygens (including phenoxy) is 2. The number of hydrogen-bond donors (Lipinski definition) is 1. The second-order valence-corrected chi connectivity index (χ2v) is 7.55. The molecule has 4 nitrogen and oxygen atoms in total. The maximum absolute atomic E-state index is 10.1. The highest BCUT2D eigenvalue weighted by atomic mass is 16.5. The lowest BCUT2D eigenvalue weighted by atomic mass is 9.77. The number of rotatable bonds is 7. The molecule has 1 N–H and O–H groups in total. The first-order chi connectivity index (χ1) is 9.82. The number of aliphatic hydroxyl groups excluding tert-OH is 1. The van der Waals surface area contributed by atoms with Gasteiger partial charge in [-0.05, 0) is 50.6 Å². The topological polar surface area (TPSA) is 41.9 Å². The third kappa shape index (κ3) is 7.59. The SMILES string of the molecule is COCC(C)OCC(O)CN1CCCC(C(C)(C)C)CC1. The predicted octanol–water partition coefficient (Wildman–Crippen LogP) is 2.55. The van der Waals surface area contributed by atoms with Crippen molar-refractivity contribution in [3.8, 4) is 0 Å². The smallest absolute Gasteiger partial charge is 0.0900 e. The molecule has 0 radical (unpaired) electrons. The molecule has 0 bridgehead atoms. The second kappa shape index (κ2) is 9.09. The molecular formula is C17H35NO3. The van der Waals surface area contributed by atoms with Crippen LogP contribution in [0.2, 0.25) is 0 Å². The fourth-order valence-corrected chi connectivity index (χ4v) is 3.11. The van der Waals surface area contributed by atoms with Crippen LogP contribution in [0, 0.1) is 11.3 Å². The molecule has 0 aromatic carbocycles. The average Bonchev–Trinajstić information content (AvgIpc) is 2.62. The molecule has 3 unspecified atom stereocenters. The van der Waals surface area contributed by atoms with Gasteiger partial charge in [0.15, 0.2) is 0 Å². The lowest BCUT2D eigenvalue weighted by Crippen LogP contribution is -2.36. The number of likely N-dealkylation sites (tertiary alicyclic amines) is 1. The number of methoxy groups -OCH3 is 1. The van der Waals surface area contributed by atoms with Crippen LogP contribution >= 0.6 is 0 Å². The molecule has 21 heavy (non-hydrogen) atoms. The molecule has 1 fully saturated rings. The fraction of sp³-hybridized carbons (Fsp3) is 1.00. The minimum absolute atomic E-state index is 0.0408. The van der Waals surface area contributed by atoms with E-state index in [0.29, 0.717) is 18.6 Å². The monoisotopic (exact) mass is 301 g/mol. The number of aliphatic hydroxyl groups is 1. The van der Waals surface area contributed by atoms with Crippen molar-refractivity contribution in [2.24, 2.45) is 11.3 Å². The van der Waals surface area contributed by atoms with Crippen molar-refractivity contribution in [3.63, 3.8) is 0 Å². The molecule has 4 heteroatoms. The summed E-state index contributed by atoms with van der Waals surface area (Å²) in [7, 11) is 1.67. The molecule has 0 aromatic heterocycles. The molecule has 0 spiro atoms. The number of nitrogens with zero attached hydrogens (tertiary/aromatic N) is 1. The molecule has 0 aliphatic carbocycles. The van der Waals surface area contributed by atoms with Crippen LogP contribution in [0.1, 0.15) is 47.0 Å². The molecule has 1 rings (SSSR count). The number of hydrogen-bond acceptors (Lipinski definition) is 4. The summed E-state index contributed by atoms with van der Waals surface area (Å²) >= 11 is 0. The summed E-state index contributed by atoms with van der Waals surface area (Å²) in [6.07, 6.45) is 3.40. The molecule has 1 saturated heterocycles. The Bertz CT molecular complexity index is 278. The van der Waals surface area contributed by atoms with Crippen molar-refractivity contribution in [3.05, 3.63) is 0 Å². The fourth-order valence-electron chi connectivity index (χ4n) is 3.11. The van der Waals surface area contributed by atoms with E-state index in [9.17, 15) is 5.11 Å². The van der Waals surface area contributed by atoms with Gasteiger partial charge in [0.05, 0.1) is 25.4 Å². The van der Waals surface area contributed by atoms with Crippen LogP contribution in [0.15, 0.2) is 0 Å². The second-order valence-electron chi connectivity index (χ2n) is 7.55. The third-order valence-corrected chi connectivity index (χ3v) is 4.49. The van der Waals surface area contributed by atoms with E-state index in [1.807, 2.05) is 6.92 Å². The van der Waals surface area contributed by atoms with Crippen molar-refractivity contribution < 1.29 is 14.6 Å². The Balaban J connectivity index is 2.28. The molecule has 3 atom stereocenters. The van der Waals surface area contributed by atoms with Gasteiger partial charge in [0.2, 0.25) is 0 Å². The van der Waals surface area contributed by atoms with E-state index in [1.165, 1.54) is 19.3 Å². The molecule has 1 aliphatic rings. The van der Waals surface area contributed by atoms with Gasteiger partial charge in [-0.25, -0.2) is 0 Å². The zero-order valence-corrected chi connectivity index (χ0v) is 14.6. The van der Waals surface area contributed by atoms with E-state index in [2.05, 4.69) is 25.7 Å². The first-order valence-corrected chi connectivity index (χ1v) is 8.34. The van der Waals surface area contributed by atoms with Crippen molar-refractivity contribution in [1.29, 1.82) is 0 Å². The summed E-state index contributed by atoms with van der Waals surface area (Å²) in [6, 6.07) is 0. The Hall–Kier alpha value is -0.160. The molecule has 0 amide bonds. The predicted molar refractivity (Wildman–Crippen MR) is 86.5 cm³/mol. The Labute approximate surface area is 130 Å². The minimum atomic E-state index is -0.407. The van der Waals surface area contributed by atoms with Crippen LogP contribution in [-0.2, 0) is 9.47 Å². The zero-order chi connectivity index (χ0) is 15.9. The van der Waals surface area contributed by atoms with Crippen LogP contribution in [-0.4, -0.2) is 62.2 Å². The van der Waals surface area contributed by atoms with Gasteiger partial charge in [-0.2, -0.15) is 0 Å². The van der Waals surface area contributed by atoms with Gasteiger partial charge in [0, 0.05) is 13.7 Å². The standard InChI is InChI=1S/C17H35NO3/c1-14(12-20-5)21-13-16(19)11-18-9-6-7-15(8-10-18)17(2,3)4/h14-16,19H,6-13H2,1-5H3. The third-order valence-electron chi connectivity index (χ3n) is 4.49. The summed E-state index contributed by atoms with van der Waals surface area (Å²) in [5.74, 6) is 0.789. The summed E-state index contributed by atoms with van der Waals surface area (Å²) in [5.41, 5.74) is 0.396. The Kier molecular flexibility index (Phi) is 8.17. The van der Waals surface area contributed by atoms with Gasteiger partial charge < -0.3 is 19.5 Å². The van der Waals surface area contributed by atoms with Crippen molar-refractivity contribution >= 4 is 0 Å². The first-order valence-electron chi connectivity index (χ1n) is 8.34. The molecule has 126 valence electrons. The molecular weight excluding hydrogens is 266 g/mol. The van der Waals surface area contributed by atoms with Gasteiger partial charge in [-0.3, -0.25) is 0 Å². The molecule has 0 aromatic rings. The molecule has 1 heterocycles. The highest BCUT2D eigenvalue weighted by Crippen LogP contribution is 2.34. The van der Waals surface area contributed by atoms with Crippen LogP contribution in [0.25, 0.3) is 0 Å². The molecule has 1 aliphatic heterocycles. The largest absolute Gasteiger partial charge is 0.389 e. The maximum Gasteiger partial charge on any atom is 0.0900 e. The van der Waals surface area contributed by atoms with E-state index < -0.39 is 6.10 Å². The van der Waals surface area contributed by atoms with Gasteiger partial charge in [-0.1, -0.05) is 20.8 Å². The van der Waals surface area contributed by atoms with Gasteiger partial charge in [0.1, 0.15) is 0 Å².